The number of aromatic nitrogens is 12. The molecule has 30 heteroatoms. The highest BCUT2D eigenvalue weighted by Crippen LogP contribution is 2.33. The molecule has 60 heavy (non-hydrogen) atoms. The minimum atomic E-state index is -1.62. The number of thioether (sulfide) groups is 3. The van der Waals surface area contributed by atoms with Crippen molar-refractivity contribution in [1.82, 2.24) is 59.9 Å². The van der Waals surface area contributed by atoms with Crippen molar-refractivity contribution in [2.24, 2.45) is 0 Å². The minimum Gasteiger partial charge on any atom is -0.394 e. The number of hydrogen-bond acceptors (Lipinski definition) is 27. The molecule has 0 aromatic carbocycles. The van der Waals surface area contributed by atoms with Gasteiger partial charge >= 0.3 is 0 Å². The SMILES string of the molecule is OC[C@H]1O[C@@H](n2cc(CSc3nc(SCc4cn([C@@H]5O[C@H](CO)[C@H](O)[C@H](O)[C@H]5O)nn4)nc(SCc4cn([C@@H]5O[C@H](CO)[C@@H](O)[C@H](O)[C@H]5O)nn4)n3)nn2)[C@H](O)[C@@H](O)[C@H]1O. The second-order valence-electron chi connectivity index (χ2n) is 13.8. The zero-order valence-electron chi connectivity index (χ0n) is 30.8. The molecule has 7 heterocycles. The van der Waals surface area contributed by atoms with E-state index in [4.69, 9.17) is 14.2 Å². The summed E-state index contributed by atoms with van der Waals surface area (Å²) >= 11 is 3.43. The van der Waals surface area contributed by atoms with Crippen molar-refractivity contribution in [2.75, 3.05) is 19.8 Å². The van der Waals surface area contributed by atoms with Crippen LogP contribution in [-0.2, 0) is 31.5 Å². The van der Waals surface area contributed by atoms with Crippen molar-refractivity contribution >= 4 is 35.3 Å². The molecule has 12 N–H and O–H groups in total. The van der Waals surface area contributed by atoms with Crippen LogP contribution in [0.3, 0.4) is 0 Å². The molecule has 3 aliphatic heterocycles. The van der Waals surface area contributed by atoms with Crippen LogP contribution in [0.5, 0.6) is 0 Å². The number of aliphatic hydroxyl groups excluding tert-OH is 12. The summed E-state index contributed by atoms with van der Waals surface area (Å²) in [7, 11) is 0. The lowest BCUT2D eigenvalue weighted by molar-refractivity contribution is -0.254. The van der Waals surface area contributed by atoms with Crippen LogP contribution in [0.25, 0.3) is 0 Å². The lowest BCUT2D eigenvalue weighted by Gasteiger charge is -2.39. The molecule has 15 atom stereocenters. The molecule has 330 valence electrons. The van der Waals surface area contributed by atoms with E-state index in [0.717, 1.165) is 49.3 Å². The number of aliphatic hydroxyl groups is 12. The first kappa shape index (κ1) is 44.9. The van der Waals surface area contributed by atoms with Crippen LogP contribution in [0.15, 0.2) is 34.1 Å². The molecule has 27 nitrogen and oxygen atoms in total. The van der Waals surface area contributed by atoms with Crippen LogP contribution in [0, 0.1) is 0 Å². The third-order valence-electron chi connectivity index (χ3n) is 9.68. The van der Waals surface area contributed by atoms with Gasteiger partial charge in [0.1, 0.15) is 73.2 Å². The van der Waals surface area contributed by atoms with E-state index in [1.165, 1.54) is 18.6 Å². The van der Waals surface area contributed by atoms with Gasteiger partial charge in [-0.05, 0) is 0 Å². The Balaban J connectivity index is 1.06. The van der Waals surface area contributed by atoms with Crippen LogP contribution in [-0.4, -0.2) is 214 Å². The zero-order valence-corrected chi connectivity index (χ0v) is 33.3. The molecule has 0 saturated carbocycles. The van der Waals surface area contributed by atoms with Gasteiger partial charge in [0.15, 0.2) is 34.2 Å². The summed E-state index contributed by atoms with van der Waals surface area (Å²) in [4.78, 5) is 13.6. The van der Waals surface area contributed by atoms with Crippen LogP contribution in [0.1, 0.15) is 35.8 Å². The Morgan fingerprint density at radius 2 is 0.683 bits per heavy atom. The van der Waals surface area contributed by atoms with Gasteiger partial charge in [-0.25, -0.2) is 14.0 Å². The average Bonchev–Trinajstić information content (AvgIpc) is 4.04. The van der Waals surface area contributed by atoms with Crippen molar-refractivity contribution in [1.29, 1.82) is 0 Å². The maximum absolute atomic E-state index is 10.5. The number of hydrogen-bond donors (Lipinski definition) is 12. The lowest BCUT2D eigenvalue weighted by atomic mass is 9.98. The second kappa shape index (κ2) is 19.5. The first-order valence-electron chi connectivity index (χ1n) is 18.1. The van der Waals surface area contributed by atoms with E-state index >= 15 is 0 Å². The standard InChI is InChI=1S/C30H42N12O15S3/c43-4-13-16(46)19(49)22(52)25(55-13)40-1-10(34-37-40)7-58-28-31-29(59-8-11-2-41(38-35-11)26-23(53)20(50)17(47)14(5-44)56-26)33-30(32-28)60-9-12-3-42(39-36-12)27-24(54)21(51)18(48)15(6-45)57-27/h1-3,13-27,43-54H,4-9H2/t13-,14-,15-,16-,17+,18+,19+,20+,21+,22-,23-,24-,25-,26-,27-/m1/s1. The fourth-order valence-corrected chi connectivity index (χ4v) is 8.65. The fraction of sp³-hybridized carbons (Fsp3) is 0.700. The molecular formula is C30H42N12O15S3. The number of rotatable bonds is 15. The molecule has 0 spiro atoms. The van der Waals surface area contributed by atoms with Gasteiger partial charge in [-0.2, -0.15) is 15.0 Å². The highest BCUT2D eigenvalue weighted by atomic mass is 32.2. The van der Waals surface area contributed by atoms with E-state index in [1.54, 1.807) is 0 Å². The largest absolute Gasteiger partial charge is 0.394 e. The maximum Gasteiger partial charge on any atom is 0.192 e. The molecule has 3 saturated heterocycles. The fourth-order valence-electron chi connectivity index (χ4n) is 6.34. The quantitative estimate of drug-likeness (QED) is 0.0493. The van der Waals surface area contributed by atoms with E-state index in [1.807, 2.05) is 0 Å². The molecule has 0 aliphatic carbocycles. The summed E-state index contributed by atoms with van der Waals surface area (Å²) in [6.07, 6.45) is -17.1. The summed E-state index contributed by atoms with van der Waals surface area (Å²) in [5.74, 6) is 0.448. The molecule has 0 bridgehead atoms. The molecule has 7 rings (SSSR count). The average molecular weight is 907 g/mol. The van der Waals surface area contributed by atoms with Crippen molar-refractivity contribution in [3.63, 3.8) is 0 Å². The predicted octanol–water partition coefficient (Wildman–Crippen LogP) is -6.56. The Bertz CT molecular complexity index is 1780. The van der Waals surface area contributed by atoms with Gasteiger partial charge in [0.05, 0.1) is 55.5 Å². The second-order valence-corrected chi connectivity index (χ2v) is 16.6. The highest BCUT2D eigenvalue weighted by molar-refractivity contribution is 7.99. The topological polar surface area (TPSA) is 401 Å². The highest BCUT2D eigenvalue weighted by Gasteiger charge is 2.47. The zero-order chi connectivity index (χ0) is 42.8. The van der Waals surface area contributed by atoms with Gasteiger partial charge in [-0.1, -0.05) is 50.9 Å². The predicted molar refractivity (Wildman–Crippen MR) is 196 cm³/mol. The van der Waals surface area contributed by atoms with Crippen LogP contribution >= 0.6 is 35.3 Å². The third-order valence-corrected chi connectivity index (χ3v) is 12.3. The Morgan fingerprint density at radius 3 is 0.933 bits per heavy atom. The molecule has 4 aromatic heterocycles. The Morgan fingerprint density at radius 1 is 0.417 bits per heavy atom. The van der Waals surface area contributed by atoms with Gasteiger partial charge in [0.2, 0.25) is 0 Å². The third kappa shape index (κ3) is 9.59. The first-order chi connectivity index (χ1) is 28.8. The van der Waals surface area contributed by atoms with E-state index in [0.29, 0.717) is 17.1 Å². The van der Waals surface area contributed by atoms with Gasteiger partial charge < -0.3 is 75.5 Å². The van der Waals surface area contributed by atoms with Gasteiger partial charge in [0.25, 0.3) is 0 Å². The van der Waals surface area contributed by atoms with E-state index < -0.39 is 112 Å². The number of ether oxygens (including phenoxy) is 3. The monoisotopic (exact) mass is 906 g/mol. The van der Waals surface area contributed by atoms with Gasteiger partial charge in [-0.3, -0.25) is 0 Å². The van der Waals surface area contributed by atoms with Crippen molar-refractivity contribution in [2.45, 2.75) is 125 Å². The Labute approximate surface area is 350 Å². The molecule has 3 fully saturated rings. The normalized spacial score (nSPS) is 34.9. The summed E-state index contributed by atoms with van der Waals surface area (Å²) in [6, 6.07) is 0. The van der Waals surface area contributed by atoms with Gasteiger partial charge in [-0.15, -0.1) is 15.3 Å². The van der Waals surface area contributed by atoms with Crippen molar-refractivity contribution in [3.05, 3.63) is 35.7 Å². The number of nitrogens with zero attached hydrogens (tertiary/aromatic N) is 12. The Hall–Kier alpha value is -3.12. The molecule has 0 unspecified atom stereocenters. The molecular weight excluding hydrogens is 865 g/mol. The summed E-state index contributed by atoms with van der Waals surface area (Å²) in [5.41, 5.74) is 1.15. The van der Waals surface area contributed by atoms with E-state index in [9.17, 15) is 61.3 Å². The molecule has 3 aliphatic rings. The first-order valence-corrected chi connectivity index (χ1v) is 21.0. The van der Waals surface area contributed by atoms with E-state index in [-0.39, 0.29) is 32.7 Å². The van der Waals surface area contributed by atoms with Crippen LogP contribution in [0.4, 0.5) is 0 Å². The summed E-state index contributed by atoms with van der Waals surface area (Å²) < 4.78 is 20.1. The summed E-state index contributed by atoms with van der Waals surface area (Å²) in [5, 5.41) is 146. The lowest BCUT2D eigenvalue weighted by Crippen LogP contribution is -2.56. The van der Waals surface area contributed by atoms with E-state index in [2.05, 4.69) is 45.9 Å². The van der Waals surface area contributed by atoms with Crippen molar-refractivity contribution < 1.29 is 75.5 Å². The van der Waals surface area contributed by atoms with Crippen LogP contribution < -0.4 is 0 Å². The maximum atomic E-state index is 10.5. The Kier molecular flexibility index (Phi) is 14.6. The summed E-state index contributed by atoms with van der Waals surface area (Å²) in [6.45, 7) is -1.86. The molecule has 0 radical (unpaired) electrons. The molecule has 4 aromatic rings. The smallest absolute Gasteiger partial charge is 0.192 e. The molecule has 0 amide bonds. The van der Waals surface area contributed by atoms with Crippen LogP contribution in [0.2, 0.25) is 0 Å². The van der Waals surface area contributed by atoms with Crippen molar-refractivity contribution in [3.8, 4) is 0 Å². The van der Waals surface area contributed by atoms with Gasteiger partial charge in [0, 0.05) is 17.3 Å². The minimum absolute atomic E-state index is 0.149.